The summed E-state index contributed by atoms with van der Waals surface area (Å²) >= 11 is 0. The van der Waals surface area contributed by atoms with Crippen LogP contribution in [-0.2, 0) is 6.54 Å². The number of hydrogen-bond donors (Lipinski definition) is 0. The van der Waals surface area contributed by atoms with Crippen molar-refractivity contribution in [2.24, 2.45) is 5.92 Å². The van der Waals surface area contributed by atoms with Gasteiger partial charge in [0, 0.05) is 26.7 Å². The fourth-order valence-corrected chi connectivity index (χ4v) is 2.72. The van der Waals surface area contributed by atoms with Crippen molar-refractivity contribution in [1.29, 1.82) is 0 Å². The molecule has 1 saturated heterocycles. The first-order valence-corrected chi connectivity index (χ1v) is 7.23. The molecule has 1 aliphatic heterocycles. The molecule has 0 aromatic heterocycles. The van der Waals surface area contributed by atoms with Gasteiger partial charge in [0.1, 0.15) is 5.75 Å². The smallest absolute Gasteiger partial charge is 0.320 e. The van der Waals surface area contributed by atoms with Crippen molar-refractivity contribution in [3.8, 4) is 5.75 Å². The number of methoxy groups -OCH3 is 1. The van der Waals surface area contributed by atoms with Crippen LogP contribution in [0.2, 0.25) is 0 Å². The summed E-state index contributed by atoms with van der Waals surface area (Å²) in [5.74, 6) is 1.44. The van der Waals surface area contributed by atoms with Gasteiger partial charge in [-0.15, -0.1) is 0 Å². The zero-order valence-electron chi connectivity index (χ0n) is 12.6. The number of rotatable bonds is 3. The van der Waals surface area contributed by atoms with Crippen LogP contribution in [0, 0.1) is 5.92 Å². The standard InChI is InChI=1S/C16H24N2O2/c1-13-6-5-9-18(11-13)16(19)17(2)12-14-7-4-8-15(10-14)20-3/h4,7-8,10,13H,5-6,9,11-12H2,1-3H3. The molecule has 0 saturated carbocycles. The number of carbonyl (C=O) groups is 1. The molecule has 20 heavy (non-hydrogen) atoms. The van der Waals surface area contributed by atoms with Crippen molar-refractivity contribution >= 4 is 6.03 Å². The summed E-state index contributed by atoms with van der Waals surface area (Å²) in [4.78, 5) is 16.2. The maximum Gasteiger partial charge on any atom is 0.320 e. The largest absolute Gasteiger partial charge is 0.497 e. The third-order valence-electron chi connectivity index (χ3n) is 3.81. The van der Waals surface area contributed by atoms with E-state index in [0.29, 0.717) is 12.5 Å². The lowest BCUT2D eigenvalue weighted by atomic mass is 10.0. The number of nitrogens with zero attached hydrogens (tertiary/aromatic N) is 2. The van der Waals surface area contributed by atoms with Gasteiger partial charge in [-0.2, -0.15) is 0 Å². The van der Waals surface area contributed by atoms with Crippen LogP contribution in [0.4, 0.5) is 4.79 Å². The SMILES string of the molecule is COc1cccc(CN(C)C(=O)N2CCCC(C)C2)c1. The normalized spacial score (nSPS) is 18.8. The van der Waals surface area contributed by atoms with E-state index in [4.69, 9.17) is 4.74 Å². The summed E-state index contributed by atoms with van der Waals surface area (Å²) in [7, 11) is 3.52. The Bertz CT molecular complexity index is 462. The highest BCUT2D eigenvalue weighted by Gasteiger charge is 2.23. The number of ether oxygens (including phenoxy) is 1. The quantitative estimate of drug-likeness (QED) is 0.850. The Labute approximate surface area is 121 Å². The van der Waals surface area contributed by atoms with E-state index in [2.05, 4.69) is 6.92 Å². The zero-order chi connectivity index (χ0) is 14.5. The lowest BCUT2D eigenvalue weighted by molar-refractivity contribution is 0.137. The Morgan fingerprint density at radius 2 is 2.30 bits per heavy atom. The van der Waals surface area contributed by atoms with Crippen LogP contribution >= 0.6 is 0 Å². The van der Waals surface area contributed by atoms with E-state index >= 15 is 0 Å². The molecular formula is C16H24N2O2. The predicted molar refractivity (Wildman–Crippen MR) is 79.8 cm³/mol. The fourth-order valence-electron chi connectivity index (χ4n) is 2.72. The molecule has 1 heterocycles. The Morgan fingerprint density at radius 3 is 3.00 bits per heavy atom. The van der Waals surface area contributed by atoms with Crippen molar-refractivity contribution < 1.29 is 9.53 Å². The molecule has 2 amide bonds. The minimum absolute atomic E-state index is 0.124. The second-order valence-electron chi connectivity index (χ2n) is 5.68. The summed E-state index contributed by atoms with van der Waals surface area (Å²) in [6.45, 7) is 4.58. The number of amides is 2. The van der Waals surface area contributed by atoms with E-state index in [-0.39, 0.29) is 6.03 Å². The summed E-state index contributed by atoms with van der Waals surface area (Å²) in [6.07, 6.45) is 2.34. The fraction of sp³-hybridized carbons (Fsp3) is 0.562. The molecule has 0 bridgehead atoms. The third kappa shape index (κ3) is 3.65. The Balaban J connectivity index is 1.96. The number of piperidine rings is 1. The number of carbonyl (C=O) groups excluding carboxylic acids is 1. The summed E-state index contributed by atoms with van der Waals surface area (Å²) in [5.41, 5.74) is 1.09. The van der Waals surface area contributed by atoms with E-state index in [1.165, 1.54) is 6.42 Å². The molecule has 2 rings (SSSR count). The first-order chi connectivity index (χ1) is 9.60. The molecule has 1 aromatic rings. The van der Waals surface area contributed by atoms with Crippen molar-refractivity contribution in [1.82, 2.24) is 9.80 Å². The van der Waals surface area contributed by atoms with E-state index in [9.17, 15) is 4.79 Å². The van der Waals surface area contributed by atoms with Gasteiger partial charge < -0.3 is 14.5 Å². The van der Waals surface area contributed by atoms with Crippen LogP contribution in [0.5, 0.6) is 5.75 Å². The van der Waals surface area contributed by atoms with Crippen molar-refractivity contribution in [3.63, 3.8) is 0 Å². The van der Waals surface area contributed by atoms with Gasteiger partial charge in [-0.05, 0) is 36.5 Å². The molecular weight excluding hydrogens is 252 g/mol. The third-order valence-corrected chi connectivity index (χ3v) is 3.81. The minimum atomic E-state index is 0.124. The molecule has 4 nitrogen and oxygen atoms in total. The summed E-state index contributed by atoms with van der Waals surface area (Å²) < 4.78 is 5.21. The minimum Gasteiger partial charge on any atom is -0.497 e. The highest BCUT2D eigenvalue weighted by molar-refractivity contribution is 5.74. The first-order valence-electron chi connectivity index (χ1n) is 7.23. The molecule has 110 valence electrons. The Kier molecular flexibility index (Phi) is 4.88. The van der Waals surface area contributed by atoms with Gasteiger partial charge in [0.25, 0.3) is 0 Å². The average Bonchev–Trinajstić information content (AvgIpc) is 2.46. The maximum absolute atomic E-state index is 12.4. The van der Waals surface area contributed by atoms with Gasteiger partial charge in [-0.25, -0.2) is 4.79 Å². The summed E-state index contributed by atoms with van der Waals surface area (Å²) in [5, 5.41) is 0. The highest BCUT2D eigenvalue weighted by atomic mass is 16.5. The van der Waals surface area contributed by atoms with E-state index in [0.717, 1.165) is 30.8 Å². The second-order valence-corrected chi connectivity index (χ2v) is 5.68. The van der Waals surface area contributed by atoms with Gasteiger partial charge in [-0.1, -0.05) is 19.1 Å². The molecule has 1 unspecified atom stereocenters. The number of hydrogen-bond acceptors (Lipinski definition) is 2. The predicted octanol–water partition coefficient (Wildman–Crippen LogP) is 2.98. The number of benzene rings is 1. The number of urea groups is 1. The van der Waals surface area contributed by atoms with Crippen LogP contribution in [-0.4, -0.2) is 43.1 Å². The molecule has 1 fully saturated rings. The van der Waals surface area contributed by atoms with Crippen LogP contribution in [0.25, 0.3) is 0 Å². The van der Waals surface area contributed by atoms with Crippen LogP contribution in [0.15, 0.2) is 24.3 Å². The van der Waals surface area contributed by atoms with Gasteiger partial charge in [-0.3, -0.25) is 0 Å². The van der Waals surface area contributed by atoms with Crippen LogP contribution < -0.4 is 4.74 Å². The maximum atomic E-state index is 12.4. The summed E-state index contributed by atoms with van der Waals surface area (Å²) in [6, 6.07) is 7.99. The number of likely N-dealkylation sites (tertiary alicyclic amines) is 1. The molecule has 1 aliphatic rings. The zero-order valence-corrected chi connectivity index (χ0v) is 12.6. The monoisotopic (exact) mass is 276 g/mol. The molecule has 0 aliphatic carbocycles. The van der Waals surface area contributed by atoms with Gasteiger partial charge in [0.05, 0.1) is 7.11 Å². The van der Waals surface area contributed by atoms with E-state index < -0.39 is 0 Å². The lowest BCUT2D eigenvalue weighted by Crippen LogP contribution is -2.45. The molecule has 1 atom stereocenters. The Morgan fingerprint density at radius 1 is 1.50 bits per heavy atom. The topological polar surface area (TPSA) is 32.8 Å². The Hall–Kier alpha value is -1.71. The van der Waals surface area contributed by atoms with Crippen LogP contribution in [0.3, 0.4) is 0 Å². The molecule has 1 aromatic carbocycles. The first kappa shape index (κ1) is 14.7. The molecule has 0 spiro atoms. The lowest BCUT2D eigenvalue weighted by Gasteiger charge is -2.34. The van der Waals surface area contributed by atoms with Gasteiger partial charge in [0.2, 0.25) is 0 Å². The van der Waals surface area contributed by atoms with Crippen molar-refractivity contribution in [3.05, 3.63) is 29.8 Å². The van der Waals surface area contributed by atoms with Crippen molar-refractivity contribution in [2.45, 2.75) is 26.3 Å². The molecule has 4 heteroatoms. The second kappa shape index (κ2) is 6.64. The highest BCUT2D eigenvalue weighted by Crippen LogP contribution is 2.18. The molecule has 0 N–H and O–H groups in total. The average molecular weight is 276 g/mol. The van der Waals surface area contributed by atoms with E-state index in [1.807, 2.05) is 36.2 Å². The van der Waals surface area contributed by atoms with Gasteiger partial charge in [0.15, 0.2) is 0 Å². The van der Waals surface area contributed by atoms with Crippen LogP contribution in [0.1, 0.15) is 25.3 Å². The molecule has 0 radical (unpaired) electrons. The van der Waals surface area contributed by atoms with E-state index in [1.54, 1.807) is 12.0 Å². The van der Waals surface area contributed by atoms with Gasteiger partial charge >= 0.3 is 6.03 Å². The van der Waals surface area contributed by atoms with Crippen molar-refractivity contribution in [2.75, 3.05) is 27.2 Å².